The first-order valence-corrected chi connectivity index (χ1v) is 26.1. The Labute approximate surface area is 395 Å². The molecule has 0 aliphatic carbocycles. The molecule has 0 saturated carbocycles. The van der Waals surface area contributed by atoms with Crippen LogP contribution in [-0.2, 0) is 37.0 Å². The summed E-state index contributed by atoms with van der Waals surface area (Å²) in [7, 11) is -2.69. The van der Waals surface area contributed by atoms with Crippen molar-refractivity contribution in [2.24, 2.45) is 35.5 Å². The lowest BCUT2D eigenvalue weighted by Gasteiger charge is -2.44. The first kappa shape index (κ1) is 54.3. The highest BCUT2D eigenvalue weighted by molar-refractivity contribution is 7.39. The fourth-order valence-corrected chi connectivity index (χ4v) is 9.88. The first-order valence-electron chi connectivity index (χ1n) is 24.9. The number of fused-ring (bicyclic) bond motifs is 2. The molecule has 4 aromatic rings. The second-order valence-electron chi connectivity index (χ2n) is 26.0. The van der Waals surface area contributed by atoms with E-state index in [1.54, 1.807) is 0 Å². The lowest BCUT2D eigenvalue weighted by atomic mass is 9.63. The van der Waals surface area contributed by atoms with E-state index in [1.165, 1.54) is 66.1 Å². The minimum Gasteiger partial charge on any atom is -0.328 e. The predicted octanol–water partition coefficient (Wildman–Crippen LogP) is 17.7. The zero-order valence-electron chi connectivity index (χ0n) is 45.9. The second-order valence-corrected chi connectivity index (χ2v) is 26.7. The van der Waals surface area contributed by atoms with Crippen molar-refractivity contribution in [2.45, 2.75) is 224 Å². The Bertz CT molecular complexity index is 2140. The van der Waals surface area contributed by atoms with E-state index < -0.39 is 14.2 Å². The molecule has 0 spiro atoms. The van der Waals surface area contributed by atoms with Crippen molar-refractivity contribution in [3.8, 4) is 0 Å². The van der Waals surface area contributed by atoms with Gasteiger partial charge in [0, 0.05) is 5.92 Å². The molecule has 0 fully saturated rings. The van der Waals surface area contributed by atoms with Crippen LogP contribution in [0.2, 0.25) is 0 Å². The summed E-state index contributed by atoms with van der Waals surface area (Å²) >= 11 is 0. The number of hydrogen-bond acceptors (Lipinski definition) is 3. The molecule has 0 unspecified atom stereocenters. The van der Waals surface area contributed by atoms with Gasteiger partial charge >= 0.3 is 8.60 Å². The molecule has 0 saturated heterocycles. The molecule has 0 radical (unpaired) electrons. The number of benzene rings is 4. The Kier molecular flexibility index (Phi) is 15.5. The highest BCUT2D eigenvalue weighted by atomic mass is 31.2. The zero-order valence-corrected chi connectivity index (χ0v) is 46.8. The zero-order chi connectivity index (χ0) is 49.4. The van der Waals surface area contributed by atoms with Gasteiger partial charge in [-0.3, -0.25) is 0 Å². The van der Waals surface area contributed by atoms with Gasteiger partial charge in [-0.15, -0.1) is 0 Å². The summed E-state index contributed by atoms with van der Waals surface area (Å²) in [4.78, 5) is 21.9. The largest absolute Gasteiger partial charge is 0.328 e. The normalized spacial score (nSPS) is 14.5. The molecular weight excluding hydrogens is 800 g/mol. The van der Waals surface area contributed by atoms with Crippen LogP contribution in [0.1, 0.15) is 230 Å². The molecule has 3 nitrogen and oxygen atoms in total. The second kappa shape index (κ2) is 18.3. The van der Waals surface area contributed by atoms with Crippen molar-refractivity contribution in [3.05, 3.63) is 93.0 Å². The maximum atomic E-state index is 10.9. The lowest BCUT2D eigenvalue weighted by molar-refractivity contribution is 0.0731. The molecule has 0 aromatic heterocycles. The predicted molar refractivity (Wildman–Crippen MR) is 283 cm³/mol. The molecule has 4 rings (SSSR count). The van der Waals surface area contributed by atoms with E-state index in [0.29, 0.717) is 35.5 Å². The van der Waals surface area contributed by atoms with Crippen molar-refractivity contribution >= 4 is 30.1 Å². The highest BCUT2D eigenvalue weighted by Gasteiger charge is 2.44. The Hall–Kier alpha value is -2.29. The number of hydrogen-bond donors (Lipinski definition) is 2. The average Bonchev–Trinajstić information content (AvgIpc) is 3.15. The van der Waals surface area contributed by atoms with Crippen LogP contribution in [0.5, 0.6) is 0 Å². The van der Waals surface area contributed by atoms with E-state index in [0.717, 1.165) is 0 Å². The van der Waals surface area contributed by atoms with E-state index >= 15 is 0 Å². The Morgan fingerprint density at radius 3 is 0.875 bits per heavy atom. The van der Waals surface area contributed by atoms with Crippen molar-refractivity contribution in [2.75, 3.05) is 0 Å². The molecule has 0 bridgehead atoms. The van der Waals surface area contributed by atoms with Gasteiger partial charge in [0.15, 0.2) is 0 Å². The summed E-state index contributed by atoms with van der Waals surface area (Å²) in [6, 6.07) is 20.1. The van der Waals surface area contributed by atoms with Crippen molar-refractivity contribution in [1.29, 1.82) is 0 Å². The Morgan fingerprint density at radius 2 is 0.625 bits per heavy atom. The summed E-state index contributed by atoms with van der Waals surface area (Å²) in [5.41, 5.74) is 8.61. The van der Waals surface area contributed by atoms with Gasteiger partial charge in [-0.25, -0.2) is 0 Å². The van der Waals surface area contributed by atoms with E-state index in [2.05, 4.69) is 229 Å². The Balaban J connectivity index is 2.48. The van der Waals surface area contributed by atoms with Gasteiger partial charge in [0.2, 0.25) is 0 Å². The molecule has 0 heterocycles. The third-order valence-electron chi connectivity index (χ3n) is 18.8. The van der Waals surface area contributed by atoms with Gasteiger partial charge in [-0.2, -0.15) is 0 Å². The molecule has 358 valence electrons. The summed E-state index contributed by atoms with van der Waals surface area (Å²) < 4.78 is 6.52. The average molecular weight is 895 g/mol. The van der Waals surface area contributed by atoms with Crippen LogP contribution in [0.25, 0.3) is 21.5 Å². The quantitative estimate of drug-likeness (QED) is 0.104. The third kappa shape index (κ3) is 9.83. The van der Waals surface area contributed by atoms with Crippen LogP contribution >= 0.6 is 8.60 Å². The molecule has 0 aliphatic heterocycles. The number of rotatable bonds is 17. The smallest absolute Gasteiger partial charge is 0.327 e. The summed E-state index contributed by atoms with van der Waals surface area (Å²) in [6.45, 7) is 61.2. The minimum absolute atomic E-state index is 0.0334. The van der Waals surface area contributed by atoms with Crippen LogP contribution in [0.3, 0.4) is 0 Å². The van der Waals surface area contributed by atoms with Crippen LogP contribution in [0, 0.1) is 35.5 Å². The highest BCUT2D eigenvalue weighted by Crippen LogP contribution is 2.54. The maximum absolute atomic E-state index is 10.9. The molecule has 0 atom stereocenters. The summed E-state index contributed by atoms with van der Waals surface area (Å²) in [5, 5.41) is 5.08. The molecule has 0 amide bonds. The molecule has 4 aromatic carbocycles. The Morgan fingerprint density at radius 1 is 0.359 bits per heavy atom. The van der Waals surface area contributed by atoms with Crippen LogP contribution < -0.4 is 0 Å². The minimum atomic E-state index is -2.69. The van der Waals surface area contributed by atoms with Gasteiger partial charge in [-0.05, 0) is 160 Å². The molecule has 64 heavy (non-hydrogen) atoms. The van der Waals surface area contributed by atoms with E-state index in [9.17, 15) is 9.79 Å². The maximum Gasteiger partial charge on any atom is 0.327 e. The van der Waals surface area contributed by atoms with Gasteiger partial charge in [0.1, 0.15) is 0 Å². The SMILES string of the molecule is CC(C)C(C)(C)c1cc(C(C)(C)C(C)C)c2cc(C(c3cc4c(C(C)(C)C(C)C)cc(C(C)(C)C(C)C)cc4cc3C(C)(C)C(C)C)C(C)(C)OP(O)O)c(C(C)(C)C(C)C)cc2c1. The third-order valence-corrected chi connectivity index (χ3v) is 19.4. The summed E-state index contributed by atoms with van der Waals surface area (Å²) in [6.07, 6.45) is 0. The monoisotopic (exact) mass is 895 g/mol. The van der Waals surface area contributed by atoms with Gasteiger partial charge in [0.05, 0.1) is 5.60 Å². The van der Waals surface area contributed by atoms with E-state index in [1.807, 2.05) is 0 Å². The van der Waals surface area contributed by atoms with Crippen molar-refractivity contribution in [1.82, 2.24) is 0 Å². The fourth-order valence-electron chi connectivity index (χ4n) is 9.35. The van der Waals surface area contributed by atoms with Crippen LogP contribution in [-0.4, -0.2) is 15.4 Å². The first-order chi connectivity index (χ1) is 28.8. The van der Waals surface area contributed by atoms with Crippen LogP contribution in [0.15, 0.2) is 48.5 Å². The van der Waals surface area contributed by atoms with Gasteiger partial charge in [0.25, 0.3) is 0 Å². The standard InChI is InChI=1S/C60H95O3P/c1-35(2)54(13,14)43-27-41-29-49(56(17,18)37(5)6)47(33-45(41)51(31-43)58(21,22)39(9)10)53(60(25,26)63-64(61)62)48-34-46-42(30-50(48)57(19,20)38(7)8)28-44(55(15,16)36(3)4)32-52(46)59(23,24)40(11)12/h27-40,53,61-62H,1-26H3. The van der Waals surface area contributed by atoms with Gasteiger partial charge < -0.3 is 14.3 Å². The molecular formula is C60H95O3P. The van der Waals surface area contributed by atoms with E-state index in [-0.39, 0.29) is 38.4 Å². The van der Waals surface area contributed by atoms with Gasteiger partial charge in [-0.1, -0.05) is 203 Å². The fraction of sp³-hybridized carbons (Fsp3) is 0.667. The molecule has 4 heteroatoms. The summed E-state index contributed by atoms with van der Waals surface area (Å²) in [5.74, 6) is 1.94. The topological polar surface area (TPSA) is 49.7 Å². The van der Waals surface area contributed by atoms with Crippen LogP contribution in [0.4, 0.5) is 0 Å². The van der Waals surface area contributed by atoms with E-state index in [4.69, 9.17) is 4.52 Å². The molecule has 0 aliphatic rings. The van der Waals surface area contributed by atoms with Crippen molar-refractivity contribution < 1.29 is 14.3 Å². The van der Waals surface area contributed by atoms with Crippen molar-refractivity contribution in [3.63, 3.8) is 0 Å². The lowest BCUT2D eigenvalue weighted by Crippen LogP contribution is -2.38. The molecule has 2 N–H and O–H groups in total.